The number of hydrogen-bond acceptors (Lipinski definition) is 3. The fourth-order valence-corrected chi connectivity index (χ4v) is 5.01. The maximum Gasteiger partial charge on any atom is 0.309 e. The average Bonchev–Trinajstić information content (AvgIpc) is 2.90. The Morgan fingerprint density at radius 1 is 1.13 bits per heavy atom. The zero-order valence-electron chi connectivity index (χ0n) is 19.0. The number of ether oxygens (including phenoxy) is 2. The zero-order valence-corrected chi connectivity index (χ0v) is 19.0. The molecule has 4 nitrogen and oxygen atoms in total. The second kappa shape index (κ2) is 8.41. The van der Waals surface area contributed by atoms with Gasteiger partial charge in [-0.25, -0.2) is 0 Å². The molecule has 1 saturated carbocycles. The topological polar surface area (TPSA) is 55.8 Å². The molecule has 0 spiro atoms. The van der Waals surface area contributed by atoms with Crippen molar-refractivity contribution in [2.24, 2.45) is 11.3 Å². The maximum atomic E-state index is 11.6. The maximum absolute atomic E-state index is 11.6. The van der Waals surface area contributed by atoms with E-state index >= 15 is 0 Å². The minimum Gasteiger partial charge on any atom is -0.497 e. The van der Waals surface area contributed by atoms with E-state index in [9.17, 15) is 9.90 Å². The predicted molar refractivity (Wildman–Crippen MR) is 123 cm³/mol. The number of carbonyl (C=O) groups is 1. The lowest BCUT2D eigenvalue weighted by atomic mass is 9.73. The number of fused-ring (bicyclic) bond motifs is 2. The molecule has 0 radical (unpaired) electrons. The summed E-state index contributed by atoms with van der Waals surface area (Å²) < 4.78 is 11.7. The van der Waals surface area contributed by atoms with E-state index in [2.05, 4.69) is 31.2 Å². The number of methoxy groups -OCH3 is 1. The summed E-state index contributed by atoms with van der Waals surface area (Å²) in [5, 5.41) is 9.51. The van der Waals surface area contributed by atoms with E-state index in [0.717, 1.165) is 49.2 Å². The first-order valence-electron chi connectivity index (χ1n) is 11.1. The number of carboxylic acids is 1. The average molecular weight is 421 g/mol. The van der Waals surface area contributed by atoms with E-state index < -0.39 is 11.4 Å². The number of hydrogen-bond donors (Lipinski definition) is 1. The van der Waals surface area contributed by atoms with Gasteiger partial charge in [0, 0.05) is 5.56 Å². The highest BCUT2D eigenvalue weighted by molar-refractivity contribution is 5.87. The molecule has 0 amide bonds. The SMILES string of the molecule is COc1ccc2c(c1)C(=C1CCC(CC(C)(C)C(=O)O)CC1)c1ccc(C)cc1CO2. The van der Waals surface area contributed by atoms with E-state index in [0.29, 0.717) is 12.5 Å². The molecule has 1 aliphatic heterocycles. The Kier molecular flexibility index (Phi) is 5.83. The van der Waals surface area contributed by atoms with Crippen LogP contribution in [0.15, 0.2) is 42.0 Å². The number of aliphatic carboxylic acids is 1. The van der Waals surface area contributed by atoms with Crippen molar-refractivity contribution >= 4 is 11.5 Å². The first-order valence-corrected chi connectivity index (χ1v) is 11.1. The number of allylic oxidation sites excluding steroid dienone is 1. The standard InChI is InChI=1S/C27H32O4/c1-17-5-11-22-20(13-17)16-31-24-12-10-21(30-4)14-23(24)25(22)19-8-6-18(7-9-19)15-27(2,3)26(28)29/h5,10-14,18H,6-9,15-16H2,1-4H3,(H,28,29). The minimum absolute atomic E-state index is 0.444. The van der Waals surface area contributed by atoms with Crippen molar-refractivity contribution in [2.45, 2.75) is 59.5 Å². The van der Waals surface area contributed by atoms with E-state index in [1.165, 1.54) is 27.8 Å². The second-order valence-corrected chi connectivity index (χ2v) is 9.63. The van der Waals surface area contributed by atoms with Crippen molar-refractivity contribution < 1.29 is 19.4 Å². The summed E-state index contributed by atoms with van der Waals surface area (Å²) in [6, 6.07) is 12.7. The highest BCUT2D eigenvalue weighted by Gasteiger charge is 2.33. The first-order chi connectivity index (χ1) is 14.8. The summed E-state index contributed by atoms with van der Waals surface area (Å²) in [7, 11) is 1.69. The molecule has 0 unspecified atom stereocenters. The molecule has 0 saturated heterocycles. The van der Waals surface area contributed by atoms with Gasteiger partial charge in [-0.1, -0.05) is 29.3 Å². The summed E-state index contributed by atoms with van der Waals surface area (Å²) in [6.07, 6.45) is 4.75. The Morgan fingerprint density at radius 3 is 2.55 bits per heavy atom. The van der Waals surface area contributed by atoms with Crippen molar-refractivity contribution in [2.75, 3.05) is 7.11 Å². The van der Waals surface area contributed by atoms with Gasteiger partial charge in [0.1, 0.15) is 18.1 Å². The molecular weight excluding hydrogens is 388 g/mol. The largest absolute Gasteiger partial charge is 0.497 e. The van der Waals surface area contributed by atoms with Crippen molar-refractivity contribution in [3.8, 4) is 11.5 Å². The zero-order chi connectivity index (χ0) is 22.2. The van der Waals surface area contributed by atoms with Crippen LogP contribution in [-0.2, 0) is 11.4 Å². The summed E-state index contributed by atoms with van der Waals surface area (Å²) >= 11 is 0. The quantitative estimate of drug-likeness (QED) is 0.623. The van der Waals surface area contributed by atoms with E-state index in [4.69, 9.17) is 9.47 Å². The molecule has 164 valence electrons. The fourth-order valence-electron chi connectivity index (χ4n) is 5.01. The van der Waals surface area contributed by atoms with Gasteiger partial charge in [-0.2, -0.15) is 0 Å². The van der Waals surface area contributed by atoms with Gasteiger partial charge in [-0.05, 0) is 93.7 Å². The first kappa shape index (κ1) is 21.5. The Labute approximate surface area is 184 Å². The van der Waals surface area contributed by atoms with Crippen LogP contribution in [0.25, 0.3) is 5.57 Å². The van der Waals surface area contributed by atoms with Gasteiger partial charge >= 0.3 is 5.97 Å². The van der Waals surface area contributed by atoms with Crippen LogP contribution < -0.4 is 9.47 Å². The molecule has 1 fully saturated rings. The molecule has 31 heavy (non-hydrogen) atoms. The van der Waals surface area contributed by atoms with Crippen molar-refractivity contribution in [3.63, 3.8) is 0 Å². The minimum atomic E-state index is -0.706. The summed E-state index contributed by atoms with van der Waals surface area (Å²) in [6.45, 7) is 6.35. The van der Waals surface area contributed by atoms with Crippen LogP contribution in [-0.4, -0.2) is 18.2 Å². The number of rotatable bonds is 4. The van der Waals surface area contributed by atoms with Gasteiger partial charge in [0.2, 0.25) is 0 Å². The molecule has 2 aromatic rings. The molecule has 0 atom stereocenters. The van der Waals surface area contributed by atoms with Crippen LogP contribution in [0.4, 0.5) is 0 Å². The van der Waals surface area contributed by atoms with Crippen LogP contribution in [0.5, 0.6) is 11.5 Å². The number of aryl methyl sites for hydroxylation is 1. The van der Waals surface area contributed by atoms with Crippen LogP contribution >= 0.6 is 0 Å². The third kappa shape index (κ3) is 4.34. The molecular formula is C27H32O4. The van der Waals surface area contributed by atoms with Crippen molar-refractivity contribution in [3.05, 3.63) is 64.2 Å². The molecule has 1 heterocycles. The summed E-state index contributed by atoms with van der Waals surface area (Å²) in [4.78, 5) is 11.6. The Balaban J connectivity index is 1.73. The van der Waals surface area contributed by atoms with Gasteiger partial charge < -0.3 is 14.6 Å². The van der Waals surface area contributed by atoms with Gasteiger partial charge in [0.25, 0.3) is 0 Å². The second-order valence-electron chi connectivity index (χ2n) is 9.63. The molecule has 2 aliphatic rings. The lowest BCUT2D eigenvalue weighted by molar-refractivity contribution is -0.148. The van der Waals surface area contributed by atoms with Crippen molar-refractivity contribution in [1.29, 1.82) is 0 Å². The van der Waals surface area contributed by atoms with Gasteiger partial charge in [-0.3, -0.25) is 4.79 Å². The number of benzene rings is 2. The summed E-state index contributed by atoms with van der Waals surface area (Å²) in [5.41, 5.74) is 6.84. The molecule has 1 N–H and O–H groups in total. The highest BCUT2D eigenvalue weighted by atomic mass is 16.5. The van der Waals surface area contributed by atoms with Crippen molar-refractivity contribution in [1.82, 2.24) is 0 Å². The van der Waals surface area contributed by atoms with Crippen LogP contribution in [0.2, 0.25) is 0 Å². The van der Waals surface area contributed by atoms with E-state index in [1.807, 2.05) is 26.0 Å². The lowest BCUT2D eigenvalue weighted by Gasteiger charge is -2.31. The molecule has 4 heteroatoms. The monoisotopic (exact) mass is 420 g/mol. The third-order valence-corrected chi connectivity index (χ3v) is 6.81. The molecule has 4 rings (SSSR count). The third-order valence-electron chi connectivity index (χ3n) is 6.81. The van der Waals surface area contributed by atoms with E-state index in [-0.39, 0.29) is 0 Å². The van der Waals surface area contributed by atoms with Gasteiger partial charge in [-0.15, -0.1) is 0 Å². The van der Waals surface area contributed by atoms with E-state index in [1.54, 1.807) is 7.11 Å². The predicted octanol–water partition coefficient (Wildman–Crippen LogP) is 6.39. The highest BCUT2D eigenvalue weighted by Crippen LogP contribution is 2.45. The Morgan fingerprint density at radius 2 is 1.87 bits per heavy atom. The smallest absolute Gasteiger partial charge is 0.309 e. The summed E-state index contributed by atoms with van der Waals surface area (Å²) in [5.74, 6) is 1.46. The number of carboxylic acid groups (broad SMARTS) is 1. The molecule has 2 aromatic carbocycles. The van der Waals surface area contributed by atoms with Gasteiger partial charge in [0.05, 0.1) is 12.5 Å². The van der Waals surface area contributed by atoms with Crippen LogP contribution in [0.1, 0.15) is 68.2 Å². The molecule has 1 aliphatic carbocycles. The normalized spacial score (nSPS) is 18.5. The fraction of sp³-hybridized carbons (Fsp3) is 0.444. The van der Waals surface area contributed by atoms with Crippen LogP contribution in [0, 0.1) is 18.3 Å². The Hall–Kier alpha value is -2.75. The molecule has 0 bridgehead atoms. The van der Waals surface area contributed by atoms with Gasteiger partial charge in [0.15, 0.2) is 0 Å². The van der Waals surface area contributed by atoms with Crippen LogP contribution in [0.3, 0.4) is 0 Å². The lowest BCUT2D eigenvalue weighted by Crippen LogP contribution is -2.27. The Bertz CT molecular complexity index is 1020. The molecule has 0 aromatic heterocycles.